The second kappa shape index (κ2) is 4.14. The quantitative estimate of drug-likeness (QED) is 0.809. The first-order chi connectivity index (χ1) is 7.88. The van der Waals surface area contributed by atoms with Crippen LogP contribution in [0.4, 0.5) is 13.2 Å². The molecule has 90 valence electrons. The van der Waals surface area contributed by atoms with Crippen LogP contribution in [-0.4, -0.2) is 14.8 Å². The fourth-order valence-electron chi connectivity index (χ4n) is 1.33. The summed E-state index contributed by atoms with van der Waals surface area (Å²) >= 11 is 3.10. The van der Waals surface area contributed by atoms with Crippen molar-refractivity contribution in [2.24, 2.45) is 0 Å². The fourth-order valence-corrected chi connectivity index (χ4v) is 1.89. The minimum absolute atomic E-state index is 0.317. The van der Waals surface area contributed by atoms with E-state index in [0.29, 0.717) is 16.0 Å². The Morgan fingerprint density at radius 3 is 2.47 bits per heavy atom. The summed E-state index contributed by atoms with van der Waals surface area (Å²) in [5.41, 5.74) is -0.191. The topological polar surface area (TPSA) is 30.7 Å². The number of aryl methyl sites for hydroxylation is 1. The van der Waals surface area contributed by atoms with Gasteiger partial charge in [-0.25, -0.2) is 9.67 Å². The fraction of sp³-hybridized carbons (Fsp3) is 0.200. The van der Waals surface area contributed by atoms with Crippen molar-refractivity contribution in [3.63, 3.8) is 0 Å². The predicted octanol–water partition coefficient (Wildman–Crippen LogP) is 3.36. The minimum atomic E-state index is -4.35. The molecule has 2 rings (SSSR count). The molecule has 0 fully saturated rings. The molecule has 0 saturated carbocycles. The zero-order chi connectivity index (χ0) is 12.6. The first-order valence-electron chi connectivity index (χ1n) is 4.63. The van der Waals surface area contributed by atoms with Gasteiger partial charge in [-0.05, 0) is 41.1 Å². The Bertz CT molecular complexity index is 548. The second-order valence-electron chi connectivity index (χ2n) is 3.40. The third kappa shape index (κ3) is 2.49. The molecule has 0 amide bonds. The normalized spacial score (nSPS) is 11.8. The monoisotopic (exact) mass is 305 g/mol. The number of rotatable bonds is 1. The molecule has 0 aliphatic carbocycles. The van der Waals surface area contributed by atoms with Crippen molar-refractivity contribution in [1.29, 1.82) is 0 Å². The Labute approximate surface area is 103 Å². The van der Waals surface area contributed by atoms with Gasteiger partial charge >= 0.3 is 6.18 Å². The summed E-state index contributed by atoms with van der Waals surface area (Å²) in [4.78, 5) is 3.91. The molecule has 0 spiro atoms. The van der Waals surface area contributed by atoms with Gasteiger partial charge in [-0.2, -0.15) is 18.3 Å². The zero-order valence-electron chi connectivity index (χ0n) is 8.66. The number of alkyl halides is 3. The molecule has 0 bridgehead atoms. The first-order valence-corrected chi connectivity index (χ1v) is 5.42. The number of hydrogen-bond donors (Lipinski definition) is 0. The smallest absolute Gasteiger partial charge is 0.220 e. The molecule has 17 heavy (non-hydrogen) atoms. The van der Waals surface area contributed by atoms with Crippen LogP contribution < -0.4 is 0 Å². The maximum Gasteiger partial charge on any atom is 0.416 e. The van der Waals surface area contributed by atoms with Crippen molar-refractivity contribution < 1.29 is 13.2 Å². The molecule has 7 heteroatoms. The second-order valence-corrected chi connectivity index (χ2v) is 4.25. The lowest BCUT2D eigenvalue weighted by atomic mass is 10.2. The molecule has 0 radical (unpaired) electrons. The standard InChI is InChI=1S/C10H7BrF3N3/c1-6-15-5-17(16-6)9-3-2-7(4-8(9)11)10(12,13)14/h2-5H,1H3. The summed E-state index contributed by atoms with van der Waals surface area (Å²) in [6, 6.07) is 3.38. The van der Waals surface area contributed by atoms with Crippen LogP contribution in [0.25, 0.3) is 5.69 Å². The van der Waals surface area contributed by atoms with Gasteiger partial charge in [0, 0.05) is 4.47 Å². The predicted molar refractivity (Wildman–Crippen MR) is 58.8 cm³/mol. The highest BCUT2D eigenvalue weighted by atomic mass is 79.9. The maximum absolute atomic E-state index is 12.5. The number of benzene rings is 1. The van der Waals surface area contributed by atoms with Crippen LogP contribution in [0, 0.1) is 6.92 Å². The molecule has 0 aliphatic rings. The molecule has 3 nitrogen and oxygen atoms in total. The van der Waals surface area contributed by atoms with E-state index in [1.807, 2.05) is 0 Å². The van der Waals surface area contributed by atoms with Crippen molar-refractivity contribution in [2.75, 3.05) is 0 Å². The van der Waals surface area contributed by atoms with Crippen molar-refractivity contribution in [1.82, 2.24) is 14.8 Å². The van der Waals surface area contributed by atoms with Crippen LogP contribution in [-0.2, 0) is 6.18 Å². The molecular weight excluding hydrogens is 299 g/mol. The summed E-state index contributed by atoms with van der Waals surface area (Å²) in [5, 5.41) is 4.03. The van der Waals surface area contributed by atoms with Crippen molar-refractivity contribution >= 4 is 15.9 Å². The number of nitrogens with zero attached hydrogens (tertiary/aromatic N) is 3. The van der Waals surface area contributed by atoms with Gasteiger partial charge in [0.25, 0.3) is 0 Å². The Morgan fingerprint density at radius 2 is 2.00 bits per heavy atom. The van der Waals surface area contributed by atoms with Crippen LogP contribution in [0.5, 0.6) is 0 Å². The average molecular weight is 306 g/mol. The van der Waals surface area contributed by atoms with Gasteiger partial charge in [-0.1, -0.05) is 0 Å². The van der Waals surface area contributed by atoms with E-state index in [0.717, 1.165) is 12.1 Å². The molecule has 2 aromatic rings. The third-order valence-electron chi connectivity index (χ3n) is 2.13. The highest BCUT2D eigenvalue weighted by molar-refractivity contribution is 9.10. The van der Waals surface area contributed by atoms with Gasteiger partial charge in [0.2, 0.25) is 0 Å². The van der Waals surface area contributed by atoms with Crippen LogP contribution in [0.1, 0.15) is 11.4 Å². The minimum Gasteiger partial charge on any atom is -0.220 e. The van der Waals surface area contributed by atoms with E-state index in [1.165, 1.54) is 17.1 Å². The average Bonchev–Trinajstić information content (AvgIpc) is 2.63. The molecule has 1 heterocycles. The summed E-state index contributed by atoms with van der Waals surface area (Å²) in [6.45, 7) is 1.70. The lowest BCUT2D eigenvalue weighted by molar-refractivity contribution is -0.137. The van der Waals surface area contributed by atoms with Crippen LogP contribution in [0.15, 0.2) is 29.0 Å². The zero-order valence-corrected chi connectivity index (χ0v) is 10.2. The molecule has 1 aromatic heterocycles. The van der Waals surface area contributed by atoms with E-state index < -0.39 is 11.7 Å². The van der Waals surface area contributed by atoms with Crippen LogP contribution >= 0.6 is 15.9 Å². The van der Waals surface area contributed by atoms with Gasteiger partial charge < -0.3 is 0 Å². The summed E-state index contributed by atoms with van der Waals surface area (Å²) in [5.74, 6) is 0.553. The Morgan fingerprint density at radius 1 is 1.29 bits per heavy atom. The van der Waals surface area contributed by atoms with E-state index in [1.54, 1.807) is 6.92 Å². The summed E-state index contributed by atoms with van der Waals surface area (Å²) in [6.07, 6.45) is -2.90. The highest BCUT2D eigenvalue weighted by Crippen LogP contribution is 2.33. The van der Waals surface area contributed by atoms with Gasteiger partial charge in [-0.15, -0.1) is 0 Å². The van der Waals surface area contributed by atoms with E-state index in [-0.39, 0.29) is 0 Å². The SMILES string of the molecule is Cc1ncn(-c2ccc(C(F)(F)F)cc2Br)n1. The van der Waals surface area contributed by atoms with Crippen LogP contribution in [0.2, 0.25) is 0 Å². The van der Waals surface area contributed by atoms with E-state index in [2.05, 4.69) is 26.0 Å². The van der Waals surface area contributed by atoms with Crippen LogP contribution in [0.3, 0.4) is 0 Å². The third-order valence-corrected chi connectivity index (χ3v) is 2.76. The van der Waals surface area contributed by atoms with Gasteiger partial charge in [0.1, 0.15) is 12.2 Å². The Kier molecular flexibility index (Phi) is 2.94. The van der Waals surface area contributed by atoms with E-state index >= 15 is 0 Å². The molecule has 0 atom stereocenters. The van der Waals surface area contributed by atoms with Crippen molar-refractivity contribution in [2.45, 2.75) is 13.1 Å². The Hall–Kier alpha value is -1.37. The van der Waals surface area contributed by atoms with Gasteiger partial charge in [-0.3, -0.25) is 0 Å². The first kappa shape index (κ1) is 12.1. The summed E-state index contributed by atoms with van der Waals surface area (Å²) < 4.78 is 39.1. The van der Waals surface area contributed by atoms with Gasteiger partial charge in [0.15, 0.2) is 0 Å². The molecule has 0 unspecified atom stereocenters. The summed E-state index contributed by atoms with van der Waals surface area (Å²) in [7, 11) is 0. The number of hydrogen-bond acceptors (Lipinski definition) is 2. The maximum atomic E-state index is 12.5. The highest BCUT2D eigenvalue weighted by Gasteiger charge is 2.30. The number of aromatic nitrogens is 3. The lowest BCUT2D eigenvalue weighted by Crippen LogP contribution is -2.06. The molecule has 0 aliphatic heterocycles. The molecule has 0 N–H and O–H groups in total. The number of halogens is 4. The van der Waals surface area contributed by atoms with Crippen molar-refractivity contribution in [3.05, 3.63) is 40.4 Å². The molecular formula is C10H7BrF3N3. The Balaban J connectivity index is 2.45. The van der Waals surface area contributed by atoms with E-state index in [9.17, 15) is 13.2 Å². The van der Waals surface area contributed by atoms with E-state index in [4.69, 9.17) is 0 Å². The van der Waals surface area contributed by atoms with Crippen molar-refractivity contribution in [3.8, 4) is 5.69 Å². The molecule has 1 aromatic carbocycles. The van der Waals surface area contributed by atoms with Gasteiger partial charge in [0.05, 0.1) is 11.3 Å². The largest absolute Gasteiger partial charge is 0.416 e. The lowest BCUT2D eigenvalue weighted by Gasteiger charge is -2.09. The molecule has 0 saturated heterocycles.